The molecule has 4 heteroatoms. The number of nitrogens with one attached hydrogen (secondary N) is 1. The third-order valence-corrected chi connectivity index (χ3v) is 3.50. The van der Waals surface area contributed by atoms with E-state index in [1.807, 2.05) is 29.7 Å². The molecule has 0 aliphatic rings. The molecule has 0 aliphatic carbocycles. The number of H-pyrrole nitrogens is 1. The molecule has 3 aromatic rings. The summed E-state index contributed by atoms with van der Waals surface area (Å²) in [5, 5.41) is 12.9. The van der Waals surface area contributed by atoms with Gasteiger partial charge >= 0.3 is 0 Å². The van der Waals surface area contributed by atoms with Crippen LogP contribution in [-0.4, -0.2) is 17.3 Å². The zero-order valence-electron chi connectivity index (χ0n) is 10.2. The fraction of sp³-hybridized carbons (Fsp3) is 0.133. The number of rotatable bonds is 4. The van der Waals surface area contributed by atoms with E-state index in [-0.39, 0.29) is 0 Å². The summed E-state index contributed by atoms with van der Waals surface area (Å²) in [6, 6.07) is 14.3. The molecule has 94 valence electrons. The highest BCUT2D eigenvalue weighted by atomic mass is 32.2. The average molecular weight is 268 g/mol. The lowest BCUT2D eigenvalue weighted by molar-refractivity contribution is 0.344. The molecule has 3 nitrogen and oxygen atoms in total. The minimum Gasteiger partial charge on any atom is -0.493 e. The Morgan fingerprint density at radius 2 is 1.95 bits per heavy atom. The molecule has 0 radical (unpaired) electrons. The molecule has 3 rings (SSSR count). The average Bonchev–Trinajstić information content (AvgIpc) is 2.81. The lowest BCUT2D eigenvalue weighted by Crippen LogP contribution is -1.99. The maximum absolute atomic E-state index is 8.44. The molecular weight excluding hydrogens is 256 g/mol. The summed E-state index contributed by atoms with van der Waals surface area (Å²) >= 11 is 1.21. The van der Waals surface area contributed by atoms with Crippen molar-refractivity contribution in [2.24, 2.45) is 0 Å². The van der Waals surface area contributed by atoms with Gasteiger partial charge in [-0.1, -0.05) is 18.2 Å². The largest absolute Gasteiger partial charge is 0.493 e. The number of aromatic amines is 1. The molecule has 0 saturated heterocycles. The van der Waals surface area contributed by atoms with Crippen molar-refractivity contribution < 1.29 is 4.74 Å². The van der Waals surface area contributed by atoms with Gasteiger partial charge in [-0.25, -0.2) is 0 Å². The lowest BCUT2D eigenvalue weighted by atomic mass is 10.1. The Labute approximate surface area is 115 Å². The van der Waals surface area contributed by atoms with Gasteiger partial charge < -0.3 is 9.72 Å². The van der Waals surface area contributed by atoms with Crippen LogP contribution in [0.15, 0.2) is 42.5 Å². The topological polar surface area (TPSA) is 48.8 Å². The van der Waals surface area contributed by atoms with Gasteiger partial charge in [-0.15, -0.1) is 0 Å². The summed E-state index contributed by atoms with van der Waals surface area (Å²) in [5.41, 5.74) is 2.21. The molecule has 19 heavy (non-hydrogen) atoms. The summed E-state index contributed by atoms with van der Waals surface area (Å²) in [5.74, 6) is 1.51. The van der Waals surface area contributed by atoms with Crippen molar-refractivity contribution >= 4 is 33.6 Å². The fourth-order valence-corrected chi connectivity index (χ4v) is 2.43. The first kappa shape index (κ1) is 11.9. The van der Waals surface area contributed by atoms with Crippen LogP contribution in [0.5, 0.6) is 5.75 Å². The van der Waals surface area contributed by atoms with E-state index in [4.69, 9.17) is 10.00 Å². The minimum atomic E-state index is 0.546. The summed E-state index contributed by atoms with van der Waals surface area (Å²) in [4.78, 5) is 3.38. The number of ether oxygens (including phenoxy) is 1. The molecule has 1 N–H and O–H groups in total. The first-order valence-corrected chi connectivity index (χ1v) is 7.01. The summed E-state index contributed by atoms with van der Waals surface area (Å²) < 4.78 is 5.62. The van der Waals surface area contributed by atoms with Gasteiger partial charge in [-0.3, -0.25) is 0 Å². The van der Waals surface area contributed by atoms with Gasteiger partial charge in [0.2, 0.25) is 0 Å². The highest BCUT2D eigenvalue weighted by Gasteiger charge is 2.04. The van der Waals surface area contributed by atoms with Crippen LogP contribution in [0.25, 0.3) is 21.8 Å². The molecule has 0 amide bonds. The summed E-state index contributed by atoms with van der Waals surface area (Å²) in [6.45, 7) is 0.546. The first-order chi connectivity index (χ1) is 9.38. The smallest absolute Gasteiger partial charge is 0.133 e. The van der Waals surface area contributed by atoms with Gasteiger partial charge in [0.15, 0.2) is 0 Å². The zero-order valence-corrected chi connectivity index (χ0v) is 11.0. The van der Waals surface area contributed by atoms with Crippen LogP contribution in [0.1, 0.15) is 0 Å². The number of hydrogen-bond donors (Lipinski definition) is 1. The number of thioether (sulfide) groups is 1. The van der Waals surface area contributed by atoms with Crippen molar-refractivity contribution in [1.29, 1.82) is 5.26 Å². The van der Waals surface area contributed by atoms with Crippen molar-refractivity contribution in [2.45, 2.75) is 0 Å². The molecular formula is C15H12N2OS. The highest BCUT2D eigenvalue weighted by Crippen LogP contribution is 2.28. The SMILES string of the molecule is N#CSCCOc1ccc2c(c1)[nH]c1ccccc12. The van der Waals surface area contributed by atoms with E-state index in [1.54, 1.807) is 0 Å². The Kier molecular flexibility index (Phi) is 3.30. The normalized spacial score (nSPS) is 10.7. The Morgan fingerprint density at radius 1 is 1.11 bits per heavy atom. The van der Waals surface area contributed by atoms with Crippen molar-refractivity contribution in [1.82, 2.24) is 4.98 Å². The van der Waals surface area contributed by atoms with Gasteiger partial charge in [0.25, 0.3) is 0 Å². The Bertz CT molecular complexity index is 758. The molecule has 0 atom stereocenters. The predicted molar refractivity (Wildman–Crippen MR) is 79.4 cm³/mol. The molecule has 1 heterocycles. The second-order valence-electron chi connectivity index (χ2n) is 4.17. The molecule has 0 spiro atoms. The molecule has 0 fully saturated rings. The van der Waals surface area contributed by atoms with Crippen LogP contribution < -0.4 is 4.74 Å². The standard InChI is InChI=1S/C15H12N2OS/c16-10-19-8-7-18-11-5-6-13-12-3-1-2-4-14(12)17-15(13)9-11/h1-6,9,17H,7-8H2. The molecule has 0 saturated carbocycles. The third-order valence-electron chi connectivity index (χ3n) is 3.00. The fourth-order valence-electron chi connectivity index (χ4n) is 2.17. The van der Waals surface area contributed by atoms with Crippen molar-refractivity contribution in [3.8, 4) is 11.2 Å². The Balaban J connectivity index is 1.89. The number of nitrogens with zero attached hydrogens (tertiary/aromatic N) is 1. The van der Waals surface area contributed by atoms with Gasteiger partial charge in [-0.2, -0.15) is 5.26 Å². The van der Waals surface area contributed by atoms with Gasteiger partial charge in [0, 0.05) is 28.1 Å². The molecule has 0 unspecified atom stereocenters. The monoisotopic (exact) mass is 268 g/mol. The van der Waals surface area contributed by atoms with Crippen LogP contribution in [-0.2, 0) is 0 Å². The number of thiocyanates is 1. The second-order valence-corrected chi connectivity index (χ2v) is 5.05. The third kappa shape index (κ3) is 2.38. The molecule has 1 aromatic heterocycles. The van der Waals surface area contributed by atoms with E-state index < -0.39 is 0 Å². The van der Waals surface area contributed by atoms with Gasteiger partial charge in [0.1, 0.15) is 11.2 Å². The number of hydrogen-bond acceptors (Lipinski definition) is 3. The highest BCUT2D eigenvalue weighted by molar-refractivity contribution is 8.03. The first-order valence-electron chi connectivity index (χ1n) is 6.02. The van der Waals surface area contributed by atoms with Crippen LogP contribution in [0, 0.1) is 10.7 Å². The number of nitriles is 1. The van der Waals surface area contributed by atoms with Crippen molar-refractivity contribution in [2.75, 3.05) is 12.4 Å². The Morgan fingerprint density at radius 3 is 2.84 bits per heavy atom. The minimum absolute atomic E-state index is 0.546. The van der Waals surface area contributed by atoms with Crippen LogP contribution in [0.4, 0.5) is 0 Å². The van der Waals surface area contributed by atoms with Crippen LogP contribution >= 0.6 is 11.8 Å². The summed E-state index contributed by atoms with van der Waals surface area (Å²) in [6.07, 6.45) is 0. The van der Waals surface area contributed by atoms with E-state index >= 15 is 0 Å². The molecule has 2 aromatic carbocycles. The maximum Gasteiger partial charge on any atom is 0.133 e. The summed E-state index contributed by atoms with van der Waals surface area (Å²) in [7, 11) is 0. The van der Waals surface area contributed by atoms with Crippen LogP contribution in [0.3, 0.4) is 0 Å². The zero-order chi connectivity index (χ0) is 13.1. The molecule has 0 aliphatic heterocycles. The van der Waals surface area contributed by atoms with Crippen molar-refractivity contribution in [3.63, 3.8) is 0 Å². The van der Waals surface area contributed by atoms with E-state index in [1.165, 1.54) is 22.5 Å². The number of aromatic nitrogens is 1. The van der Waals surface area contributed by atoms with E-state index in [0.29, 0.717) is 12.4 Å². The van der Waals surface area contributed by atoms with Crippen molar-refractivity contribution in [3.05, 3.63) is 42.5 Å². The Hall–Kier alpha value is -2.12. The number of para-hydroxylation sites is 1. The van der Waals surface area contributed by atoms with E-state index in [0.717, 1.165) is 16.8 Å². The van der Waals surface area contributed by atoms with Gasteiger partial charge in [-0.05, 0) is 30.0 Å². The lowest BCUT2D eigenvalue weighted by Gasteiger charge is -2.04. The quantitative estimate of drug-likeness (QED) is 0.576. The molecule has 0 bridgehead atoms. The maximum atomic E-state index is 8.44. The van der Waals surface area contributed by atoms with E-state index in [9.17, 15) is 0 Å². The van der Waals surface area contributed by atoms with Gasteiger partial charge in [0.05, 0.1) is 12.1 Å². The second kappa shape index (κ2) is 5.25. The van der Waals surface area contributed by atoms with Crippen LogP contribution in [0.2, 0.25) is 0 Å². The predicted octanol–water partition coefficient (Wildman–Crippen LogP) is 3.91. The van der Waals surface area contributed by atoms with E-state index in [2.05, 4.69) is 23.2 Å². The number of fused-ring (bicyclic) bond motifs is 3. The number of benzene rings is 2.